The molecule has 0 saturated carbocycles. The fraction of sp³-hybridized carbons (Fsp3) is 0.379. The van der Waals surface area contributed by atoms with Gasteiger partial charge in [-0.15, -0.1) is 0 Å². The van der Waals surface area contributed by atoms with Crippen LogP contribution in [0, 0.1) is 11.8 Å². The summed E-state index contributed by atoms with van der Waals surface area (Å²) >= 11 is 0. The minimum atomic E-state index is -4.26. The van der Waals surface area contributed by atoms with Crippen LogP contribution in [0.4, 0.5) is 13.2 Å². The predicted octanol–water partition coefficient (Wildman–Crippen LogP) is 5.87. The van der Waals surface area contributed by atoms with Crippen molar-refractivity contribution < 1.29 is 17.6 Å². The highest BCUT2D eigenvalue weighted by molar-refractivity contribution is 6.99. The molecule has 0 aliphatic carbocycles. The van der Waals surface area contributed by atoms with Gasteiger partial charge in [0.05, 0.1) is 5.92 Å². The highest BCUT2D eigenvalue weighted by Gasteiger charge is 2.53. The number of halogens is 3. The molecule has 0 N–H and O–H groups in total. The molecule has 0 radical (unpaired) electrons. The van der Waals surface area contributed by atoms with Gasteiger partial charge in [-0.25, -0.2) is 0 Å². The van der Waals surface area contributed by atoms with Crippen LogP contribution in [0.15, 0.2) is 91.0 Å². The third kappa shape index (κ3) is 5.55. The van der Waals surface area contributed by atoms with E-state index in [9.17, 15) is 13.2 Å². The Balaban J connectivity index is 1.65. The summed E-state index contributed by atoms with van der Waals surface area (Å²) in [4.78, 5) is 1.92. The highest BCUT2D eigenvalue weighted by Crippen LogP contribution is 2.41. The maximum atomic E-state index is 14.2. The van der Waals surface area contributed by atoms with Crippen LogP contribution in [-0.4, -0.2) is 39.1 Å². The molecule has 1 aliphatic heterocycles. The number of hydrogen-bond acceptors (Lipinski definition) is 2. The van der Waals surface area contributed by atoms with Crippen LogP contribution in [0.1, 0.15) is 26.3 Å². The minimum Gasteiger partial charge on any atom is -0.407 e. The van der Waals surface area contributed by atoms with Crippen molar-refractivity contribution in [3.8, 4) is 0 Å². The van der Waals surface area contributed by atoms with Crippen LogP contribution in [0.3, 0.4) is 0 Å². The molecule has 0 spiro atoms. The maximum Gasteiger partial charge on any atom is 0.393 e. The second kappa shape index (κ2) is 10.3. The van der Waals surface area contributed by atoms with E-state index in [1.807, 2.05) is 71.6 Å². The average Bonchev–Trinajstić information content (AvgIpc) is 3.24. The number of alkyl halides is 3. The summed E-state index contributed by atoms with van der Waals surface area (Å²) < 4.78 is 49.3. The topological polar surface area (TPSA) is 12.5 Å². The van der Waals surface area contributed by atoms with Gasteiger partial charge in [0.1, 0.15) is 0 Å². The smallest absolute Gasteiger partial charge is 0.393 e. The van der Waals surface area contributed by atoms with Gasteiger partial charge in [0, 0.05) is 32.2 Å². The normalized spacial score (nSPS) is 19.7. The Morgan fingerprint density at radius 2 is 1.26 bits per heavy atom. The molecule has 0 aromatic heterocycles. The van der Waals surface area contributed by atoms with Gasteiger partial charge < -0.3 is 4.43 Å². The summed E-state index contributed by atoms with van der Waals surface area (Å²) in [7, 11) is -2.89. The Hall–Kier alpha value is -2.41. The first kappa shape index (κ1) is 25.7. The molecule has 186 valence electrons. The van der Waals surface area contributed by atoms with E-state index in [-0.39, 0.29) is 18.2 Å². The first-order valence-electron chi connectivity index (χ1n) is 12.2. The summed E-state index contributed by atoms with van der Waals surface area (Å²) in [6, 6.07) is 29.9. The Labute approximate surface area is 207 Å². The fourth-order valence-corrected chi connectivity index (χ4v) is 10.1. The van der Waals surface area contributed by atoms with Crippen molar-refractivity contribution >= 4 is 18.7 Å². The summed E-state index contributed by atoms with van der Waals surface area (Å²) in [5.74, 6) is -2.01. The standard InChI is InChI=1S/C29H34F3NOSi/c1-28(2,3)35(25-15-9-5-10-16-25,26-17-11-6-12-18-26)34-22-24-20-33(21-27(24)29(30,31)32)19-23-13-7-4-8-14-23/h4-18,24,27H,19-22H2,1-3H3. The Kier molecular flexibility index (Phi) is 7.55. The van der Waals surface area contributed by atoms with Gasteiger partial charge in [-0.3, -0.25) is 4.90 Å². The van der Waals surface area contributed by atoms with E-state index in [0.717, 1.165) is 15.9 Å². The van der Waals surface area contributed by atoms with Gasteiger partial charge in [0.2, 0.25) is 0 Å². The van der Waals surface area contributed by atoms with Crippen molar-refractivity contribution in [1.82, 2.24) is 4.90 Å². The molecule has 4 rings (SSSR count). The van der Waals surface area contributed by atoms with E-state index in [4.69, 9.17) is 4.43 Å². The van der Waals surface area contributed by atoms with Crippen molar-refractivity contribution in [2.75, 3.05) is 19.7 Å². The summed E-state index contributed by atoms with van der Waals surface area (Å²) in [5, 5.41) is 1.90. The maximum absolute atomic E-state index is 14.2. The minimum absolute atomic E-state index is 0.00711. The number of benzene rings is 3. The van der Waals surface area contributed by atoms with Crippen LogP contribution in [0.5, 0.6) is 0 Å². The second-order valence-corrected chi connectivity index (χ2v) is 14.9. The van der Waals surface area contributed by atoms with Crippen molar-refractivity contribution in [2.24, 2.45) is 11.8 Å². The molecule has 3 aromatic rings. The Bertz CT molecular complexity index is 1030. The van der Waals surface area contributed by atoms with Gasteiger partial charge in [-0.1, -0.05) is 112 Å². The molecule has 3 aromatic carbocycles. The third-order valence-corrected chi connectivity index (χ3v) is 12.1. The summed E-state index contributed by atoms with van der Waals surface area (Å²) in [5.41, 5.74) is 1.03. The van der Waals surface area contributed by atoms with Crippen molar-refractivity contribution in [2.45, 2.75) is 38.5 Å². The van der Waals surface area contributed by atoms with Gasteiger partial charge in [-0.05, 0) is 21.0 Å². The van der Waals surface area contributed by atoms with E-state index in [1.54, 1.807) is 0 Å². The molecule has 2 nitrogen and oxygen atoms in total. The zero-order valence-electron chi connectivity index (χ0n) is 20.6. The summed E-state index contributed by atoms with van der Waals surface area (Å²) in [6.45, 7) is 7.43. The number of rotatable bonds is 7. The molecule has 0 bridgehead atoms. The van der Waals surface area contributed by atoms with E-state index < -0.39 is 26.3 Å². The predicted molar refractivity (Wildman–Crippen MR) is 138 cm³/mol. The highest BCUT2D eigenvalue weighted by atomic mass is 28.4. The largest absolute Gasteiger partial charge is 0.407 e. The summed E-state index contributed by atoms with van der Waals surface area (Å²) in [6.07, 6.45) is -4.26. The van der Waals surface area contributed by atoms with Crippen LogP contribution < -0.4 is 10.4 Å². The molecule has 2 atom stereocenters. The van der Waals surface area contributed by atoms with Gasteiger partial charge in [0.15, 0.2) is 0 Å². The van der Waals surface area contributed by atoms with Gasteiger partial charge in [-0.2, -0.15) is 13.2 Å². The zero-order chi connectivity index (χ0) is 25.1. The van der Waals surface area contributed by atoms with E-state index in [2.05, 4.69) is 45.0 Å². The van der Waals surface area contributed by atoms with Crippen molar-refractivity contribution in [3.63, 3.8) is 0 Å². The fourth-order valence-electron chi connectivity index (χ4n) is 5.46. The molecule has 1 heterocycles. The SMILES string of the molecule is CC(C)(C)[Si](OCC1CN(Cc2ccccc2)CC1C(F)(F)F)(c1ccccc1)c1ccccc1. The Morgan fingerprint density at radius 1 is 0.771 bits per heavy atom. The lowest BCUT2D eigenvalue weighted by atomic mass is 9.97. The number of likely N-dealkylation sites (tertiary alicyclic amines) is 1. The molecule has 1 fully saturated rings. The Morgan fingerprint density at radius 3 is 1.71 bits per heavy atom. The average molecular weight is 498 g/mol. The van der Waals surface area contributed by atoms with E-state index in [0.29, 0.717) is 13.1 Å². The first-order valence-corrected chi connectivity index (χ1v) is 14.1. The molecular weight excluding hydrogens is 463 g/mol. The second-order valence-electron chi connectivity index (χ2n) is 10.6. The third-order valence-electron chi connectivity index (χ3n) is 7.12. The molecule has 6 heteroatoms. The van der Waals surface area contributed by atoms with Crippen molar-refractivity contribution in [1.29, 1.82) is 0 Å². The van der Waals surface area contributed by atoms with Crippen molar-refractivity contribution in [3.05, 3.63) is 96.6 Å². The molecule has 1 saturated heterocycles. The molecule has 2 unspecified atom stereocenters. The van der Waals surface area contributed by atoms with Crippen LogP contribution in [0.2, 0.25) is 5.04 Å². The number of nitrogens with zero attached hydrogens (tertiary/aromatic N) is 1. The van der Waals surface area contributed by atoms with E-state index >= 15 is 0 Å². The van der Waals surface area contributed by atoms with Gasteiger partial charge >= 0.3 is 6.18 Å². The lowest BCUT2D eigenvalue weighted by Crippen LogP contribution is -2.67. The van der Waals surface area contributed by atoms with Crippen LogP contribution in [-0.2, 0) is 11.0 Å². The first-order chi connectivity index (χ1) is 16.6. The monoisotopic (exact) mass is 497 g/mol. The van der Waals surface area contributed by atoms with Crippen LogP contribution >= 0.6 is 0 Å². The number of hydrogen-bond donors (Lipinski definition) is 0. The molecular formula is C29H34F3NOSi. The quantitative estimate of drug-likeness (QED) is 0.379. The molecule has 35 heavy (non-hydrogen) atoms. The lowest BCUT2D eigenvalue weighted by molar-refractivity contribution is -0.182. The van der Waals surface area contributed by atoms with E-state index in [1.165, 1.54) is 0 Å². The van der Waals surface area contributed by atoms with Gasteiger partial charge in [0.25, 0.3) is 8.32 Å². The lowest BCUT2D eigenvalue weighted by Gasteiger charge is -2.44. The molecule has 1 aliphatic rings. The molecule has 0 amide bonds. The van der Waals surface area contributed by atoms with Crippen LogP contribution in [0.25, 0.3) is 0 Å². The zero-order valence-corrected chi connectivity index (χ0v) is 21.6.